The zero-order valence-electron chi connectivity index (χ0n) is 13.5. The molecule has 24 heavy (non-hydrogen) atoms. The van der Waals surface area contributed by atoms with Crippen LogP contribution in [0.1, 0.15) is 32.9 Å². The summed E-state index contributed by atoms with van der Waals surface area (Å²) in [7, 11) is 0. The van der Waals surface area contributed by atoms with Crippen LogP contribution in [0.2, 0.25) is 0 Å². The molecule has 0 spiro atoms. The highest BCUT2D eigenvalue weighted by molar-refractivity contribution is 9.10. The quantitative estimate of drug-likeness (QED) is 0.789. The van der Waals surface area contributed by atoms with Gasteiger partial charge in [0.15, 0.2) is 10.4 Å². The van der Waals surface area contributed by atoms with Crippen molar-refractivity contribution in [3.05, 3.63) is 58.0 Å². The number of carbonyl (C=O) groups is 2. The minimum Gasteiger partial charge on any atom is -0.444 e. The summed E-state index contributed by atoms with van der Waals surface area (Å²) in [4.78, 5) is 28.8. The van der Waals surface area contributed by atoms with Crippen molar-refractivity contribution >= 4 is 27.7 Å². The predicted octanol–water partition coefficient (Wildman–Crippen LogP) is 3.34. The van der Waals surface area contributed by atoms with E-state index in [0.717, 1.165) is 17.5 Å². The molecule has 0 atom stereocenters. The van der Waals surface area contributed by atoms with Gasteiger partial charge in [-0.2, -0.15) is 0 Å². The van der Waals surface area contributed by atoms with Gasteiger partial charge in [-0.25, -0.2) is 0 Å². The molecule has 0 unspecified atom stereocenters. The molecule has 6 heteroatoms. The van der Waals surface area contributed by atoms with E-state index >= 15 is 0 Å². The topological polar surface area (TPSA) is 53.8 Å². The van der Waals surface area contributed by atoms with Crippen molar-refractivity contribution in [1.29, 1.82) is 0 Å². The third-order valence-corrected chi connectivity index (χ3v) is 4.66. The molecule has 2 aromatic rings. The average Bonchev–Trinajstić information content (AvgIpc) is 2.87. The zero-order valence-corrected chi connectivity index (χ0v) is 15.1. The molecular formula is C18H19BrN2O3. The van der Waals surface area contributed by atoms with Gasteiger partial charge in [0.25, 0.3) is 11.8 Å². The van der Waals surface area contributed by atoms with Crippen LogP contribution in [0.25, 0.3) is 0 Å². The van der Waals surface area contributed by atoms with E-state index in [9.17, 15) is 9.59 Å². The molecule has 1 fully saturated rings. The van der Waals surface area contributed by atoms with Crippen molar-refractivity contribution < 1.29 is 14.0 Å². The number of halogens is 1. The van der Waals surface area contributed by atoms with E-state index in [1.165, 1.54) is 0 Å². The third kappa shape index (κ3) is 3.53. The summed E-state index contributed by atoms with van der Waals surface area (Å²) < 4.78 is 5.88. The normalized spacial score (nSPS) is 15.2. The Balaban J connectivity index is 1.68. The number of nitrogens with zero attached hydrogens (tertiary/aromatic N) is 2. The molecule has 1 aromatic heterocycles. The van der Waals surface area contributed by atoms with E-state index < -0.39 is 0 Å². The average molecular weight is 391 g/mol. The number of aryl methyl sites for hydroxylation is 1. The number of hydrogen-bond donors (Lipinski definition) is 0. The smallest absolute Gasteiger partial charge is 0.289 e. The highest BCUT2D eigenvalue weighted by Gasteiger charge is 2.25. The lowest BCUT2D eigenvalue weighted by atomic mass is 10.1. The van der Waals surface area contributed by atoms with E-state index in [1.807, 2.05) is 36.1 Å². The lowest BCUT2D eigenvalue weighted by Crippen LogP contribution is -2.37. The molecule has 0 bridgehead atoms. The van der Waals surface area contributed by atoms with Crippen molar-refractivity contribution in [2.24, 2.45) is 0 Å². The van der Waals surface area contributed by atoms with Crippen LogP contribution in [-0.2, 0) is 0 Å². The van der Waals surface area contributed by atoms with E-state index in [2.05, 4.69) is 15.9 Å². The fourth-order valence-electron chi connectivity index (χ4n) is 2.89. The lowest BCUT2D eigenvalue weighted by Gasteiger charge is -2.22. The summed E-state index contributed by atoms with van der Waals surface area (Å²) in [5.74, 6) is 0.217. The predicted molar refractivity (Wildman–Crippen MR) is 94.0 cm³/mol. The number of furan rings is 1. The molecule has 1 aliphatic rings. The highest BCUT2D eigenvalue weighted by atomic mass is 79.9. The van der Waals surface area contributed by atoms with Crippen molar-refractivity contribution in [3.63, 3.8) is 0 Å². The molecule has 1 saturated heterocycles. The van der Waals surface area contributed by atoms with Gasteiger partial charge in [0, 0.05) is 31.7 Å². The first-order chi connectivity index (χ1) is 11.6. The maximum absolute atomic E-state index is 12.7. The number of carbonyl (C=O) groups excluding carboxylic acids is 2. The largest absolute Gasteiger partial charge is 0.444 e. The van der Waals surface area contributed by atoms with Crippen LogP contribution in [0.5, 0.6) is 0 Å². The van der Waals surface area contributed by atoms with Gasteiger partial charge >= 0.3 is 0 Å². The minimum absolute atomic E-state index is 0.0307. The van der Waals surface area contributed by atoms with E-state index in [1.54, 1.807) is 17.0 Å². The molecule has 3 rings (SSSR count). The van der Waals surface area contributed by atoms with Crippen molar-refractivity contribution in [2.75, 3.05) is 26.2 Å². The van der Waals surface area contributed by atoms with Gasteiger partial charge in [-0.3, -0.25) is 9.59 Å². The second-order valence-electron chi connectivity index (χ2n) is 5.86. The Hall–Kier alpha value is -2.08. The Morgan fingerprint density at radius 3 is 2.25 bits per heavy atom. The van der Waals surface area contributed by atoms with Gasteiger partial charge in [0.05, 0.1) is 0 Å². The van der Waals surface area contributed by atoms with Gasteiger partial charge in [0.2, 0.25) is 0 Å². The van der Waals surface area contributed by atoms with Crippen LogP contribution in [0.15, 0.2) is 45.5 Å². The Morgan fingerprint density at radius 2 is 1.62 bits per heavy atom. The molecular weight excluding hydrogens is 372 g/mol. The first kappa shape index (κ1) is 16.8. The van der Waals surface area contributed by atoms with Gasteiger partial charge in [-0.1, -0.05) is 18.2 Å². The molecule has 0 N–H and O–H groups in total. The number of hydrogen-bond acceptors (Lipinski definition) is 3. The van der Waals surface area contributed by atoms with E-state index in [0.29, 0.717) is 36.6 Å². The molecule has 5 nitrogen and oxygen atoms in total. The summed E-state index contributed by atoms with van der Waals surface area (Å²) in [6, 6.07) is 11.0. The Morgan fingerprint density at radius 1 is 0.958 bits per heavy atom. The van der Waals surface area contributed by atoms with Crippen LogP contribution in [0, 0.1) is 6.92 Å². The summed E-state index contributed by atoms with van der Waals surface area (Å²) in [6.07, 6.45) is 0.755. The number of rotatable bonds is 2. The molecule has 1 aliphatic heterocycles. The SMILES string of the molecule is Cc1ccccc1C(=O)N1CCCN(C(=O)c2ccc(Br)o2)CC1. The molecule has 2 heterocycles. The zero-order chi connectivity index (χ0) is 17.1. The summed E-state index contributed by atoms with van der Waals surface area (Å²) >= 11 is 3.21. The van der Waals surface area contributed by atoms with E-state index in [-0.39, 0.29) is 11.8 Å². The maximum atomic E-state index is 12.7. The second kappa shape index (κ2) is 7.21. The van der Waals surface area contributed by atoms with E-state index in [4.69, 9.17) is 4.42 Å². The van der Waals surface area contributed by atoms with Crippen molar-refractivity contribution in [1.82, 2.24) is 9.80 Å². The minimum atomic E-state index is -0.133. The fraction of sp³-hybridized carbons (Fsp3) is 0.333. The third-order valence-electron chi connectivity index (χ3n) is 4.23. The molecule has 1 aromatic carbocycles. The molecule has 0 saturated carbocycles. The van der Waals surface area contributed by atoms with Crippen molar-refractivity contribution in [2.45, 2.75) is 13.3 Å². The maximum Gasteiger partial charge on any atom is 0.289 e. The Bertz CT molecular complexity index is 756. The fourth-order valence-corrected chi connectivity index (χ4v) is 3.20. The van der Waals surface area contributed by atoms with Crippen molar-refractivity contribution in [3.8, 4) is 0 Å². The highest BCUT2D eigenvalue weighted by Crippen LogP contribution is 2.18. The van der Waals surface area contributed by atoms with Gasteiger partial charge in [-0.15, -0.1) is 0 Å². The number of benzene rings is 1. The van der Waals surface area contributed by atoms with Crippen LogP contribution in [-0.4, -0.2) is 47.8 Å². The summed E-state index contributed by atoms with van der Waals surface area (Å²) in [5.41, 5.74) is 1.70. The van der Waals surface area contributed by atoms with Crippen LogP contribution in [0.4, 0.5) is 0 Å². The first-order valence-electron chi connectivity index (χ1n) is 7.96. The molecule has 0 aliphatic carbocycles. The second-order valence-corrected chi connectivity index (χ2v) is 6.64. The Kier molecular flexibility index (Phi) is 5.04. The monoisotopic (exact) mass is 390 g/mol. The lowest BCUT2D eigenvalue weighted by molar-refractivity contribution is 0.0699. The van der Waals surface area contributed by atoms with Crippen LogP contribution >= 0.6 is 15.9 Å². The molecule has 2 amide bonds. The van der Waals surface area contributed by atoms with Gasteiger partial charge in [-0.05, 0) is 53.0 Å². The molecule has 0 radical (unpaired) electrons. The standard InChI is InChI=1S/C18H19BrN2O3/c1-13-5-2-3-6-14(13)17(22)20-9-4-10-21(12-11-20)18(23)15-7-8-16(19)24-15/h2-3,5-8H,4,9-12H2,1H3. The summed E-state index contributed by atoms with van der Waals surface area (Å²) in [5, 5.41) is 0. The van der Waals surface area contributed by atoms with Crippen LogP contribution < -0.4 is 0 Å². The Labute approximate surface area is 149 Å². The summed E-state index contributed by atoms with van der Waals surface area (Å²) in [6.45, 7) is 4.25. The van der Waals surface area contributed by atoms with Crippen LogP contribution in [0.3, 0.4) is 0 Å². The first-order valence-corrected chi connectivity index (χ1v) is 8.75. The van der Waals surface area contributed by atoms with Gasteiger partial charge < -0.3 is 14.2 Å². The van der Waals surface area contributed by atoms with Gasteiger partial charge in [0.1, 0.15) is 0 Å². The number of amides is 2. The molecule has 126 valence electrons.